The second-order valence-electron chi connectivity index (χ2n) is 10.8. The fraction of sp³-hybridized carbons (Fsp3) is 0.680. The zero-order valence-corrected chi connectivity index (χ0v) is 21.1. The van der Waals surface area contributed by atoms with Crippen LogP contribution in [0.1, 0.15) is 56.8 Å². The van der Waals surface area contributed by atoms with Gasteiger partial charge >= 0.3 is 0 Å². The number of likely N-dealkylation sites (N-methyl/N-ethyl adjacent to an activating group) is 1. The first-order valence-corrected chi connectivity index (χ1v) is 12.5. The average molecular weight is 473 g/mol. The highest BCUT2D eigenvalue weighted by molar-refractivity contribution is 5.90. The van der Waals surface area contributed by atoms with Gasteiger partial charge in [-0.3, -0.25) is 9.59 Å². The zero-order valence-electron chi connectivity index (χ0n) is 21.1. The highest BCUT2D eigenvalue weighted by atomic mass is 16.3. The maximum absolute atomic E-state index is 14.0. The minimum atomic E-state index is -0.691. The van der Waals surface area contributed by atoms with Crippen LogP contribution in [-0.2, 0) is 22.6 Å². The van der Waals surface area contributed by atoms with E-state index in [1.807, 2.05) is 5.12 Å². The Balaban J connectivity index is 1.61. The third-order valence-electron chi connectivity index (χ3n) is 7.27. The normalized spacial score (nSPS) is 27.0. The van der Waals surface area contributed by atoms with Crippen molar-refractivity contribution < 1.29 is 14.7 Å². The van der Waals surface area contributed by atoms with Crippen LogP contribution in [0.3, 0.4) is 0 Å². The molecule has 9 nitrogen and oxygen atoms in total. The van der Waals surface area contributed by atoms with Gasteiger partial charge in [0.25, 0.3) is 0 Å². The van der Waals surface area contributed by atoms with Crippen LogP contribution in [0.25, 0.3) is 0 Å². The summed E-state index contributed by atoms with van der Waals surface area (Å²) >= 11 is 0. The number of likely N-dealkylation sites (tertiary alicyclic amines) is 1. The van der Waals surface area contributed by atoms with Crippen molar-refractivity contribution in [2.75, 3.05) is 33.2 Å². The van der Waals surface area contributed by atoms with Crippen LogP contribution in [0.4, 0.5) is 0 Å². The predicted octanol–water partition coefficient (Wildman–Crippen LogP) is 0.553. The standard InChI is InChI=1S/C25H40N6O3/c1-6-31-28-20(17-7-8-18-13-27-10-9-16(18)11-17)15-30(31)22(25(2,3)4)24(34)29-14-19(32)12-21(29)23(33)26-5/h7-8,11,19-22,27-28,32H,6,9-10,12-15H2,1-5H3,(H,26,33)/t19-,20?,21+,22-/m1/s1. The van der Waals surface area contributed by atoms with Crippen molar-refractivity contribution in [3.05, 3.63) is 34.9 Å². The van der Waals surface area contributed by atoms with Crippen molar-refractivity contribution in [1.82, 2.24) is 31.1 Å². The number of hydrogen-bond acceptors (Lipinski definition) is 7. The Morgan fingerprint density at radius 3 is 2.68 bits per heavy atom. The summed E-state index contributed by atoms with van der Waals surface area (Å²) < 4.78 is 0. The molecule has 4 rings (SSSR count). The molecule has 34 heavy (non-hydrogen) atoms. The molecule has 0 radical (unpaired) electrons. The van der Waals surface area contributed by atoms with Gasteiger partial charge in [0.1, 0.15) is 12.1 Å². The lowest BCUT2D eigenvalue weighted by Gasteiger charge is -2.42. The number of nitrogens with zero attached hydrogens (tertiary/aromatic N) is 3. The van der Waals surface area contributed by atoms with E-state index in [0.29, 0.717) is 13.1 Å². The Labute approximate surface area is 202 Å². The number of rotatable bonds is 5. The summed E-state index contributed by atoms with van der Waals surface area (Å²) in [4.78, 5) is 28.0. The number of hydrazine groups is 2. The third kappa shape index (κ3) is 4.85. The smallest absolute Gasteiger partial charge is 0.242 e. The van der Waals surface area contributed by atoms with E-state index in [1.54, 1.807) is 11.9 Å². The molecule has 188 valence electrons. The average Bonchev–Trinajstić information content (AvgIpc) is 3.41. The Bertz CT molecular complexity index is 916. The molecule has 0 aromatic heterocycles. The molecule has 2 saturated heterocycles. The van der Waals surface area contributed by atoms with Gasteiger partial charge in [0.15, 0.2) is 0 Å². The minimum absolute atomic E-state index is 0.0664. The lowest BCUT2D eigenvalue weighted by Crippen LogP contribution is -2.60. The minimum Gasteiger partial charge on any atom is -0.391 e. The number of benzene rings is 1. The molecule has 1 aromatic carbocycles. The largest absolute Gasteiger partial charge is 0.391 e. The van der Waals surface area contributed by atoms with E-state index < -0.39 is 18.2 Å². The van der Waals surface area contributed by atoms with E-state index in [9.17, 15) is 14.7 Å². The summed E-state index contributed by atoms with van der Waals surface area (Å²) in [5.41, 5.74) is 7.19. The van der Waals surface area contributed by atoms with Gasteiger partial charge in [0, 0.05) is 39.6 Å². The highest BCUT2D eigenvalue weighted by Gasteiger charge is 2.49. The molecule has 1 aromatic rings. The number of aliphatic hydroxyl groups excluding tert-OH is 1. The van der Waals surface area contributed by atoms with Crippen LogP contribution in [0, 0.1) is 5.41 Å². The Kier molecular flexibility index (Phi) is 7.30. The second kappa shape index (κ2) is 9.91. The zero-order chi connectivity index (χ0) is 24.6. The molecule has 1 unspecified atom stereocenters. The van der Waals surface area contributed by atoms with E-state index in [-0.39, 0.29) is 36.2 Å². The van der Waals surface area contributed by atoms with Crippen LogP contribution in [0.15, 0.2) is 18.2 Å². The molecular formula is C25H40N6O3. The Hall–Kier alpha value is -2.04. The molecular weight excluding hydrogens is 432 g/mol. The maximum Gasteiger partial charge on any atom is 0.242 e. The van der Waals surface area contributed by atoms with Crippen molar-refractivity contribution in [3.8, 4) is 0 Å². The Morgan fingerprint density at radius 2 is 2.00 bits per heavy atom. The van der Waals surface area contributed by atoms with Crippen molar-refractivity contribution in [2.24, 2.45) is 5.41 Å². The lowest BCUT2D eigenvalue weighted by atomic mass is 9.84. The monoisotopic (exact) mass is 472 g/mol. The fourth-order valence-electron chi connectivity index (χ4n) is 5.57. The maximum atomic E-state index is 14.0. The first kappa shape index (κ1) is 25.1. The number of β-amino-alcohol motifs (C(OH)–C–C–N with tert-alkyl or cyclic N) is 1. The highest BCUT2D eigenvalue weighted by Crippen LogP contribution is 2.34. The van der Waals surface area contributed by atoms with Crippen LogP contribution in [-0.4, -0.2) is 83.4 Å². The van der Waals surface area contributed by atoms with Crippen LogP contribution >= 0.6 is 0 Å². The summed E-state index contributed by atoms with van der Waals surface area (Å²) in [5.74, 6) is -0.346. The SMILES string of the molecule is CCN1NC(c2ccc3c(c2)CCNC3)CN1[C@H](C(=O)N1C[C@H](O)C[C@H]1C(=O)NC)C(C)(C)C. The van der Waals surface area contributed by atoms with Crippen LogP contribution < -0.4 is 16.1 Å². The van der Waals surface area contributed by atoms with Gasteiger partial charge in [-0.25, -0.2) is 10.4 Å². The van der Waals surface area contributed by atoms with Crippen molar-refractivity contribution >= 4 is 11.8 Å². The number of nitrogens with one attached hydrogen (secondary N) is 3. The predicted molar refractivity (Wildman–Crippen MR) is 130 cm³/mol. The van der Waals surface area contributed by atoms with E-state index in [2.05, 4.69) is 67.0 Å². The summed E-state index contributed by atoms with van der Waals surface area (Å²) in [6, 6.07) is 5.64. The van der Waals surface area contributed by atoms with Gasteiger partial charge in [-0.15, -0.1) is 0 Å². The molecule has 2 fully saturated rings. The molecule has 0 bridgehead atoms. The van der Waals surface area contributed by atoms with Gasteiger partial charge in [-0.05, 0) is 42.0 Å². The second-order valence-corrected chi connectivity index (χ2v) is 10.8. The number of carbonyl (C=O) groups excluding carboxylic acids is 2. The molecule has 3 heterocycles. The van der Waals surface area contributed by atoms with Crippen LogP contribution in [0.2, 0.25) is 0 Å². The number of hydrogen-bond donors (Lipinski definition) is 4. The van der Waals surface area contributed by atoms with Gasteiger partial charge < -0.3 is 20.6 Å². The van der Waals surface area contributed by atoms with E-state index in [1.165, 1.54) is 16.7 Å². The van der Waals surface area contributed by atoms with Crippen molar-refractivity contribution in [1.29, 1.82) is 0 Å². The van der Waals surface area contributed by atoms with Crippen LogP contribution in [0.5, 0.6) is 0 Å². The summed E-state index contributed by atoms with van der Waals surface area (Å²) in [6.45, 7) is 11.7. The molecule has 4 N–H and O–H groups in total. The summed E-state index contributed by atoms with van der Waals surface area (Å²) in [5, 5.41) is 20.5. The fourth-order valence-corrected chi connectivity index (χ4v) is 5.57. The lowest BCUT2D eigenvalue weighted by molar-refractivity contribution is -0.156. The first-order chi connectivity index (χ1) is 16.1. The molecule has 0 saturated carbocycles. The molecule has 0 aliphatic carbocycles. The number of aliphatic hydroxyl groups is 1. The summed E-state index contributed by atoms with van der Waals surface area (Å²) in [7, 11) is 1.57. The van der Waals surface area contributed by atoms with Gasteiger partial charge in [0.05, 0.1) is 12.1 Å². The molecule has 9 heteroatoms. The van der Waals surface area contributed by atoms with Crippen molar-refractivity contribution in [3.63, 3.8) is 0 Å². The van der Waals surface area contributed by atoms with Gasteiger partial charge in [0.2, 0.25) is 11.8 Å². The number of fused-ring (bicyclic) bond motifs is 1. The first-order valence-electron chi connectivity index (χ1n) is 12.5. The summed E-state index contributed by atoms with van der Waals surface area (Å²) in [6.07, 6.45) is 0.604. The van der Waals surface area contributed by atoms with Crippen molar-refractivity contribution in [2.45, 2.75) is 71.3 Å². The Morgan fingerprint density at radius 1 is 1.24 bits per heavy atom. The number of amides is 2. The molecule has 4 atom stereocenters. The van der Waals surface area contributed by atoms with E-state index in [4.69, 9.17) is 0 Å². The molecule has 3 aliphatic heterocycles. The number of carbonyl (C=O) groups is 2. The van der Waals surface area contributed by atoms with Gasteiger partial charge in [-0.2, -0.15) is 5.12 Å². The van der Waals surface area contributed by atoms with E-state index in [0.717, 1.165) is 19.5 Å². The molecule has 2 amide bonds. The van der Waals surface area contributed by atoms with Gasteiger partial charge in [-0.1, -0.05) is 39.0 Å². The van der Waals surface area contributed by atoms with E-state index >= 15 is 0 Å². The quantitative estimate of drug-likeness (QED) is 0.497. The molecule has 0 spiro atoms. The molecule has 3 aliphatic rings. The third-order valence-corrected chi connectivity index (χ3v) is 7.27. The topological polar surface area (TPSA) is 100 Å².